The Morgan fingerprint density at radius 2 is 1.70 bits per heavy atom. The number of aliphatic carboxylic acids is 2. The van der Waals surface area contributed by atoms with Crippen molar-refractivity contribution in [3.05, 3.63) is 0 Å². The maximum absolute atomic E-state index is 10.4. The summed E-state index contributed by atoms with van der Waals surface area (Å²) < 4.78 is 27.7. The average molecular weight is 151 g/mol. The Morgan fingerprint density at radius 1 is 1.40 bits per heavy atom. The van der Waals surface area contributed by atoms with Crippen molar-refractivity contribution in [3.63, 3.8) is 0 Å². The number of hydrogen-bond acceptors (Lipinski definition) is 3. The average Bonchev–Trinajstić information content (AvgIpc) is 2.02. The van der Waals surface area contributed by atoms with Crippen LogP contribution in [0.1, 0.15) is 5.48 Å². The molecule has 0 saturated carbocycles. The van der Waals surface area contributed by atoms with Crippen LogP contribution in [0.15, 0.2) is 0 Å². The van der Waals surface area contributed by atoms with Gasteiger partial charge in [-0.15, -0.1) is 0 Å². The molecule has 0 rings (SSSR count). The fourth-order valence-corrected chi connectivity index (χ4v) is 0.315. The van der Waals surface area contributed by atoms with Gasteiger partial charge in [-0.25, -0.2) is 0 Å². The van der Waals surface area contributed by atoms with Crippen LogP contribution in [0.3, 0.4) is 0 Å². The van der Waals surface area contributed by atoms with Crippen LogP contribution in [-0.2, 0) is 9.59 Å². The second-order valence-corrected chi connectivity index (χ2v) is 1.39. The van der Waals surface area contributed by atoms with Crippen molar-refractivity contribution in [1.82, 2.24) is 4.90 Å². The van der Waals surface area contributed by atoms with E-state index in [9.17, 15) is 9.59 Å². The van der Waals surface area contributed by atoms with Gasteiger partial charge in [-0.2, -0.15) is 0 Å². The Balaban J connectivity index is 5.04. The van der Waals surface area contributed by atoms with Crippen LogP contribution in [0.4, 0.5) is 0 Å². The summed E-state index contributed by atoms with van der Waals surface area (Å²) in [7, 11) is 0.738. The molecule has 58 valence electrons. The van der Waals surface area contributed by atoms with E-state index in [1.807, 2.05) is 0 Å². The van der Waals surface area contributed by atoms with Gasteiger partial charge in [0.1, 0.15) is 0 Å². The molecule has 10 heavy (non-hydrogen) atoms. The highest BCUT2D eigenvalue weighted by Gasteiger charge is 2.06. The summed E-state index contributed by atoms with van der Waals surface area (Å²) in [6, 6.07) is 0. The highest BCUT2D eigenvalue weighted by molar-refractivity contribution is 5.72. The van der Waals surface area contributed by atoms with Crippen LogP contribution < -0.4 is 0 Å². The predicted molar refractivity (Wildman–Crippen MR) is 32.8 cm³/mol. The van der Waals surface area contributed by atoms with Gasteiger partial charge >= 0.3 is 11.9 Å². The zero-order chi connectivity index (χ0) is 11.7. The molecular formula is C5H9NO4. The molecule has 0 unspecified atom stereocenters. The van der Waals surface area contributed by atoms with Crippen LogP contribution in [0, 0.1) is 0 Å². The zero-order valence-electron chi connectivity index (χ0n) is 9.16. The van der Waals surface area contributed by atoms with E-state index in [2.05, 4.69) is 0 Å². The van der Waals surface area contributed by atoms with E-state index >= 15 is 0 Å². The Morgan fingerprint density at radius 3 is 1.90 bits per heavy atom. The molecule has 0 bridgehead atoms. The SMILES string of the molecule is [2H]C([2H])(C(=O)O)N(C)C([2H])([2H])C(=O)O. The topological polar surface area (TPSA) is 77.8 Å². The lowest BCUT2D eigenvalue weighted by atomic mass is 10.5. The minimum absolute atomic E-state index is 0.00926. The first-order chi connectivity index (χ1) is 6.04. The number of nitrogens with zero attached hydrogens (tertiary/aromatic N) is 1. The van der Waals surface area contributed by atoms with E-state index in [4.69, 9.17) is 15.7 Å². The third-order valence-electron chi connectivity index (χ3n) is 0.527. The largest absolute Gasteiger partial charge is 0.480 e. The van der Waals surface area contributed by atoms with Crippen LogP contribution in [-0.4, -0.2) is 47.1 Å². The number of hydrogen-bond donors (Lipinski definition) is 2. The molecule has 0 aliphatic carbocycles. The molecule has 0 saturated heterocycles. The van der Waals surface area contributed by atoms with Gasteiger partial charge in [0.15, 0.2) is 0 Å². The Labute approximate surface area is 63.5 Å². The molecule has 5 heteroatoms. The number of carboxylic acids is 2. The third kappa shape index (κ3) is 5.04. The van der Waals surface area contributed by atoms with Crippen LogP contribution >= 0.6 is 0 Å². The molecule has 0 aromatic heterocycles. The normalized spacial score (nSPS) is 18.6. The first-order valence-corrected chi connectivity index (χ1v) is 2.25. The summed E-state index contributed by atoms with van der Waals surface area (Å²) >= 11 is 0. The molecule has 0 heterocycles. The second kappa shape index (κ2) is 3.84. The summed E-state index contributed by atoms with van der Waals surface area (Å²) in [6.07, 6.45) is 0. The number of carbonyl (C=O) groups is 2. The first kappa shape index (κ1) is 3.92. The van der Waals surface area contributed by atoms with Gasteiger partial charge in [-0.05, 0) is 7.05 Å². The maximum Gasteiger partial charge on any atom is 0.317 e. The molecule has 0 aliphatic heterocycles. The molecule has 0 atom stereocenters. The summed E-state index contributed by atoms with van der Waals surface area (Å²) in [6.45, 7) is -6.16. The lowest BCUT2D eigenvalue weighted by molar-refractivity contribution is -0.141. The fraction of sp³-hybridized carbons (Fsp3) is 0.600. The van der Waals surface area contributed by atoms with Crippen molar-refractivity contribution < 1.29 is 25.3 Å². The Hall–Kier alpha value is -1.10. The van der Waals surface area contributed by atoms with E-state index in [-0.39, 0.29) is 4.90 Å². The number of carboxylic acid groups (broad SMARTS) is 2. The maximum atomic E-state index is 10.4. The quantitative estimate of drug-likeness (QED) is 0.543. The second-order valence-electron chi connectivity index (χ2n) is 1.39. The van der Waals surface area contributed by atoms with Crippen molar-refractivity contribution in [3.8, 4) is 0 Å². The lowest BCUT2D eigenvalue weighted by Crippen LogP contribution is -2.30. The van der Waals surface area contributed by atoms with Gasteiger partial charge < -0.3 is 10.2 Å². The Kier molecular flexibility index (Phi) is 1.51. The van der Waals surface area contributed by atoms with Gasteiger partial charge in [-0.1, -0.05) is 0 Å². The highest BCUT2D eigenvalue weighted by Crippen LogP contribution is 1.80. The molecule has 0 radical (unpaired) electrons. The van der Waals surface area contributed by atoms with Crippen LogP contribution in [0.25, 0.3) is 0 Å². The minimum Gasteiger partial charge on any atom is -0.480 e. The number of likely N-dealkylation sites (N-methyl/N-ethyl adjacent to an activating group) is 1. The monoisotopic (exact) mass is 151 g/mol. The van der Waals surface area contributed by atoms with Gasteiger partial charge in [0.05, 0.1) is 18.5 Å². The third-order valence-corrected chi connectivity index (χ3v) is 0.527. The standard InChI is InChI=1S/C5H9NO4/c1-6(2-4(7)8)3-5(9)10/h2-3H2,1H3,(H,7,8)(H,9,10)/i2D2,3D2. The summed E-state index contributed by atoms with van der Waals surface area (Å²) in [5, 5.41) is 16.8. The van der Waals surface area contributed by atoms with E-state index in [0.717, 1.165) is 7.05 Å². The summed E-state index contributed by atoms with van der Waals surface area (Å²) in [4.78, 5) is 20.7. The molecule has 5 nitrogen and oxygen atoms in total. The molecule has 0 aliphatic rings. The van der Waals surface area contributed by atoms with Gasteiger partial charge in [0.25, 0.3) is 0 Å². The van der Waals surface area contributed by atoms with E-state index in [1.54, 1.807) is 0 Å². The van der Waals surface area contributed by atoms with E-state index < -0.39 is 24.9 Å². The van der Waals surface area contributed by atoms with Gasteiger partial charge in [0.2, 0.25) is 0 Å². The van der Waals surface area contributed by atoms with Crippen molar-refractivity contribution >= 4 is 11.9 Å². The Bertz CT molecular complexity index is 240. The molecule has 0 spiro atoms. The lowest BCUT2D eigenvalue weighted by Gasteiger charge is -2.08. The highest BCUT2D eigenvalue weighted by atomic mass is 16.4. The van der Waals surface area contributed by atoms with Crippen molar-refractivity contribution in [1.29, 1.82) is 0 Å². The van der Waals surface area contributed by atoms with Gasteiger partial charge in [-0.3, -0.25) is 14.5 Å². The molecular weight excluding hydrogens is 138 g/mol. The van der Waals surface area contributed by atoms with Crippen molar-refractivity contribution in [2.24, 2.45) is 0 Å². The summed E-state index contributed by atoms with van der Waals surface area (Å²) in [5.74, 6) is -3.91. The number of rotatable bonds is 4. The molecule has 0 fully saturated rings. The smallest absolute Gasteiger partial charge is 0.317 e. The molecule has 0 amide bonds. The van der Waals surface area contributed by atoms with Crippen LogP contribution in [0.2, 0.25) is 0 Å². The van der Waals surface area contributed by atoms with Gasteiger partial charge in [0, 0.05) is 0 Å². The summed E-state index contributed by atoms with van der Waals surface area (Å²) in [5.41, 5.74) is 0. The fourth-order valence-electron chi connectivity index (χ4n) is 0.315. The molecule has 0 aromatic carbocycles. The molecule has 0 aromatic rings. The van der Waals surface area contributed by atoms with Crippen molar-refractivity contribution in [2.45, 2.75) is 0 Å². The predicted octanol–water partition coefficient (Wildman–Crippen LogP) is -0.913. The van der Waals surface area contributed by atoms with Crippen LogP contribution in [0.5, 0.6) is 0 Å². The van der Waals surface area contributed by atoms with Crippen molar-refractivity contribution in [2.75, 3.05) is 20.0 Å². The molecule has 2 N–H and O–H groups in total. The minimum atomic E-state index is -3.08. The zero-order valence-corrected chi connectivity index (χ0v) is 5.16. The van der Waals surface area contributed by atoms with E-state index in [1.165, 1.54) is 0 Å². The first-order valence-electron chi connectivity index (χ1n) is 4.25. The van der Waals surface area contributed by atoms with E-state index in [0.29, 0.717) is 0 Å².